The molecule has 0 spiro atoms. The van der Waals surface area contributed by atoms with Gasteiger partial charge in [0.05, 0.1) is 17.0 Å². The predicted molar refractivity (Wildman–Crippen MR) is 61.8 cm³/mol. The molecule has 0 aliphatic carbocycles. The summed E-state index contributed by atoms with van der Waals surface area (Å²) in [6.07, 6.45) is -0.804. The Morgan fingerprint density at radius 2 is 2.33 bits per heavy atom. The number of nitriles is 1. The van der Waals surface area contributed by atoms with E-state index in [9.17, 15) is 14.9 Å². The first kappa shape index (κ1) is 13.4. The number of nitro groups is 1. The summed E-state index contributed by atoms with van der Waals surface area (Å²) in [4.78, 5) is 20.7. The van der Waals surface area contributed by atoms with E-state index >= 15 is 0 Å². The quantitative estimate of drug-likeness (QED) is 0.612. The van der Waals surface area contributed by atoms with Gasteiger partial charge in [0.1, 0.15) is 0 Å². The molecule has 0 aliphatic heterocycles. The number of nitro benzene ring substituents is 1. The summed E-state index contributed by atoms with van der Waals surface area (Å²) >= 11 is 0. The predicted octanol–water partition coefficient (Wildman–Crippen LogP) is 2.21. The van der Waals surface area contributed by atoms with E-state index in [1.54, 1.807) is 6.07 Å². The van der Waals surface area contributed by atoms with Gasteiger partial charge in [0.15, 0.2) is 0 Å². The molecule has 1 aromatic carbocycles. The molecule has 0 aromatic heterocycles. The third-order valence-corrected chi connectivity index (χ3v) is 2.33. The molecule has 1 rings (SSSR count). The van der Waals surface area contributed by atoms with E-state index in [0.717, 1.165) is 0 Å². The summed E-state index contributed by atoms with van der Waals surface area (Å²) in [5.41, 5.74) is 0.364. The smallest absolute Gasteiger partial charge is 0.405 e. The van der Waals surface area contributed by atoms with Gasteiger partial charge in [-0.15, -0.1) is 0 Å². The highest BCUT2D eigenvalue weighted by atomic mass is 16.6. The minimum atomic E-state index is -1.23. The number of hydrogen-bond acceptors (Lipinski definition) is 4. The second-order valence-corrected chi connectivity index (χ2v) is 3.55. The number of rotatable bonds is 5. The van der Waals surface area contributed by atoms with Crippen molar-refractivity contribution in [3.8, 4) is 6.07 Å². The van der Waals surface area contributed by atoms with Crippen LogP contribution in [0.25, 0.3) is 0 Å². The van der Waals surface area contributed by atoms with Crippen LogP contribution in [0.1, 0.15) is 24.4 Å². The summed E-state index contributed by atoms with van der Waals surface area (Å²) in [7, 11) is 0. The Labute approximate surface area is 103 Å². The molecule has 1 unspecified atom stereocenters. The van der Waals surface area contributed by atoms with Crippen molar-refractivity contribution >= 4 is 11.8 Å². The van der Waals surface area contributed by atoms with Crippen molar-refractivity contribution in [1.82, 2.24) is 5.32 Å². The number of carboxylic acid groups (broad SMARTS) is 1. The zero-order valence-corrected chi connectivity index (χ0v) is 9.37. The second-order valence-electron chi connectivity index (χ2n) is 3.55. The van der Waals surface area contributed by atoms with Gasteiger partial charge in [-0.25, -0.2) is 4.79 Å². The van der Waals surface area contributed by atoms with E-state index in [2.05, 4.69) is 5.32 Å². The fourth-order valence-electron chi connectivity index (χ4n) is 1.54. The first-order valence-electron chi connectivity index (χ1n) is 5.15. The van der Waals surface area contributed by atoms with Crippen molar-refractivity contribution in [2.24, 2.45) is 0 Å². The zero-order valence-electron chi connectivity index (χ0n) is 9.37. The molecule has 0 aliphatic rings. The molecular weight excluding hydrogens is 238 g/mol. The lowest BCUT2D eigenvalue weighted by molar-refractivity contribution is -0.384. The van der Waals surface area contributed by atoms with Gasteiger partial charge in [-0.3, -0.25) is 10.1 Å². The monoisotopic (exact) mass is 249 g/mol. The maximum absolute atomic E-state index is 10.6. The van der Waals surface area contributed by atoms with Crippen LogP contribution >= 0.6 is 0 Å². The molecule has 0 fully saturated rings. The molecule has 7 nitrogen and oxygen atoms in total. The number of non-ortho nitro benzene ring substituents is 1. The fourth-order valence-corrected chi connectivity index (χ4v) is 1.54. The van der Waals surface area contributed by atoms with E-state index in [1.165, 1.54) is 18.2 Å². The lowest BCUT2D eigenvalue weighted by Gasteiger charge is -2.15. The summed E-state index contributed by atoms with van der Waals surface area (Å²) < 4.78 is 0. The Hall–Kier alpha value is -2.62. The summed E-state index contributed by atoms with van der Waals surface area (Å²) in [6, 6.07) is 6.99. The maximum Gasteiger partial charge on any atom is 0.405 e. The van der Waals surface area contributed by atoms with E-state index in [1.807, 2.05) is 6.07 Å². The number of hydrogen-bond donors (Lipinski definition) is 2. The van der Waals surface area contributed by atoms with Crippen LogP contribution in [-0.4, -0.2) is 16.1 Å². The Morgan fingerprint density at radius 3 is 2.89 bits per heavy atom. The number of amides is 1. The molecule has 1 atom stereocenters. The van der Waals surface area contributed by atoms with Gasteiger partial charge in [-0.1, -0.05) is 12.1 Å². The molecule has 0 bridgehead atoms. The van der Waals surface area contributed by atoms with Crippen LogP contribution in [0.3, 0.4) is 0 Å². The van der Waals surface area contributed by atoms with Crippen LogP contribution < -0.4 is 5.32 Å². The largest absolute Gasteiger partial charge is 0.465 e. The topological polar surface area (TPSA) is 116 Å². The molecule has 0 radical (unpaired) electrons. The van der Waals surface area contributed by atoms with Crippen molar-refractivity contribution in [2.45, 2.75) is 18.9 Å². The van der Waals surface area contributed by atoms with Crippen molar-refractivity contribution < 1.29 is 14.8 Å². The molecule has 1 amide bonds. The van der Waals surface area contributed by atoms with Crippen molar-refractivity contribution in [3.63, 3.8) is 0 Å². The Bertz CT molecular complexity index is 495. The standard InChI is InChI=1S/C11H11N3O4/c12-6-2-5-10(13-11(15)16)8-3-1-4-9(7-8)14(17)18/h1,3-4,7,10,13H,2,5H2,(H,15,16). The fraction of sp³-hybridized carbons (Fsp3) is 0.273. The highest BCUT2D eigenvalue weighted by Crippen LogP contribution is 2.22. The van der Waals surface area contributed by atoms with Gasteiger partial charge in [0.25, 0.3) is 5.69 Å². The normalized spacial score (nSPS) is 11.3. The maximum atomic E-state index is 10.6. The minimum absolute atomic E-state index is 0.110. The van der Waals surface area contributed by atoms with E-state index in [4.69, 9.17) is 10.4 Å². The lowest BCUT2D eigenvalue weighted by Crippen LogP contribution is -2.26. The summed E-state index contributed by atoms with van der Waals surface area (Å²) in [5, 5.41) is 30.1. The number of benzene rings is 1. The van der Waals surface area contributed by atoms with E-state index in [0.29, 0.717) is 5.56 Å². The Balaban J connectivity index is 2.96. The Kier molecular flexibility index (Phi) is 4.63. The van der Waals surface area contributed by atoms with Crippen LogP contribution in [0, 0.1) is 21.4 Å². The van der Waals surface area contributed by atoms with Crippen LogP contribution in [0.4, 0.5) is 10.5 Å². The van der Waals surface area contributed by atoms with E-state index in [-0.39, 0.29) is 18.5 Å². The van der Waals surface area contributed by atoms with E-state index < -0.39 is 17.1 Å². The van der Waals surface area contributed by atoms with Gasteiger partial charge in [0.2, 0.25) is 0 Å². The third-order valence-electron chi connectivity index (χ3n) is 2.33. The van der Waals surface area contributed by atoms with Crippen LogP contribution in [0.5, 0.6) is 0 Å². The van der Waals surface area contributed by atoms with Crippen molar-refractivity contribution in [1.29, 1.82) is 5.26 Å². The average Bonchev–Trinajstić information content (AvgIpc) is 2.34. The van der Waals surface area contributed by atoms with Crippen LogP contribution in [0.15, 0.2) is 24.3 Å². The second kappa shape index (κ2) is 6.20. The van der Waals surface area contributed by atoms with Gasteiger partial charge in [0, 0.05) is 18.6 Å². The highest BCUT2D eigenvalue weighted by molar-refractivity contribution is 5.65. The first-order chi connectivity index (χ1) is 8.54. The van der Waals surface area contributed by atoms with Gasteiger partial charge >= 0.3 is 6.09 Å². The highest BCUT2D eigenvalue weighted by Gasteiger charge is 2.16. The molecule has 7 heteroatoms. The van der Waals surface area contributed by atoms with Gasteiger partial charge in [-0.05, 0) is 12.0 Å². The number of nitrogens with one attached hydrogen (secondary N) is 1. The molecule has 0 heterocycles. The molecule has 18 heavy (non-hydrogen) atoms. The van der Waals surface area contributed by atoms with Crippen molar-refractivity contribution in [2.75, 3.05) is 0 Å². The van der Waals surface area contributed by atoms with Crippen LogP contribution in [-0.2, 0) is 0 Å². The summed E-state index contributed by atoms with van der Waals surface area (Å²) in [5.74, 6) is 0. The average molecular weight is 249 g/mol. The number of carbonyl (C=O) groups is 1. The lowest BCUT2D eigenvalue weighted by atomic mass is 10.0. The Morgan fingerprint density at radius 1 is 1.61 bits per heavy atom. The number of nitrogens with zero attached hydrogens (tertiary/aromatic N) is 2. The molecule has 0 saturated heterocycles. The molecule has 1 aromatic rings. The SMILES string of the molecule is N#CCCC(NC(=O)O)c1cccc([N+](=O)[O-])c1. The minimum Gasteiger partial charge on any atom is -0.465 e. The molecule has 94 valence electrons. The van der Waals surface area contributed by atoms with Gasteiger partial charge < -0.3 is 10.4 Å². The third kappa shape index (κ3) is 3.75. The van der Waals surface area contributed by atoms with Gasteiger partial charge in [-0.2, -0.15) is 5.26 Å². The molecule has 0 saturated carbocycles. The first-order valence-corrected chi connectivity index (χ1v) is 5.15. The van der Waals surface area contributed by atoms with Crippen molar-refractivity contribution in [3.05, 3.63) is 39.9 Å². The molecule has 2 N–H and O–H groups in total. The van der Waals surface area contributed by atoms with Crippen LogP contribution in [0.2, 0.25) is 0 Å². The molecular formula is C11H11N3O4. The summed E-state index contributed by atoms with van der Waals surface area (Å²) in [6.45, 7) is 0. The zero-order chi connectivity index (χ0) is 13.5.